The second-order valence-corrected chi connectivity index (χ2v) is 6.05. The third-order valence-corrected chi connectivity index (χ3v) is 4.81. The van der Waals surface area contributed by atoms with Gasteiger partial charge in [-0.25, -0.2) is 8.78 Å². The number of rotatable bonds is 2. The zero-order chi connectivity index (χ0) is 14.6. The van der Waals surface area contributed by atoms with Crippen molar-refractivity contribution in [2.24, 2.45) is 0 Å². The molecule has 21 heavy (non-hydrogen) atoms. The molecule has 2 aromatic rings. The van der Waals surface area contributed by atoms with Gasteiger partial charge in [-0.2, -0.15) is 0 Å². The fourth-order valence-electron chi connectivity index (χ4n) is 3.93. The van der Waals surface area contributed by atoms with Gasteiger partial charge in [0.15, 0.2) is 11.6 Å². The molecule has 4 heteroatoms. The number of hydrogen-bond donors (Lipinski definition) is 1. The number of nitrogens with zero attached hydrogens (tertiary/aromatic N) is 1. The minimum absolute atomic E-state index is 0.560. The summed E-state index contributed by atoms with van der Waals surface area (Å²) >= 11 is 0. The van der Waals surface area contributed by atoms with Crippen molar-refractivity contribution >= 4 is 11.4 Å². The van der Waals surface area contributed by atoms with Crippen LogP contribution in [0.5, 0.6) is 0 Å². The summed E-state index contributed by atoms with van der Waals surface area (Å²) in [6, 6.07) is 3.89. The van der Waals surface area contributed by atoms with Crippen LogP contribution in [-0.2, 0) is 0 Å². The van der Waals surface area contributed by atoms with E-state index >= 15 is 0 Å². The van der Waals surface area contributed by atoms with Crippen LogP contribution in [0.2, 0.25) is 0 Å². The van der Waals surface area contributed by atoms with E-state index in [9.17, 15) is 8.78 Å². The van der Waals surface area contributed by atoms with Crippen LogP contribution in [0.25, 0.3) is 0 Å². The molecule has 2 atom stereocenters. The Balaban J connectivity index is 1.75. The van der Waals surface area contributed by atoms with E-state index in [1.165, 1.54) is 36.5 Å². The van der Waals surface area contributed by atoms with E-state index in [4.69, 9.17) is 0 Å². The Morgan fingerprint density at radius 3 is 2.62 bits per heavy atom. The zero-order valence-electron chi connectivity index (χ0n) is 11.8. The molecular weight excluding hydrogens is 270 g/mol. The minimum Gasteiger partial charge on any atom is -0.354 e. The van der Waals surface area contributed by atoms with Gasteiger partial charge >= 0.3 is 0 Å². The smallest absolute Gasteiger partial charge is 0.160 e. The molecule has 1 heterocycles. The van der Waals surface area contributed by atoms with Gasteiger partial charge in [0.25, 0.3) is 0 Å². The molecule has 0 saturated heterocycles. The van der Waals surface area contributed by atoms with Crippen molar-refractivity contribution in [1.29, 1.82) is 0 Å². The molecule has 0 radical (unpaired) electrons. The molecule has 4 rings (SSSR count). The second-order valence-electron chi connectivity index (χ2n) is 6.05. The molecule has 2 aliphatic carbocycles. The minimum atomic E-state index is -0.835. The highest BCUT2D eigenvalue weighted by atomic mass is 19.2. The molecule has 1 saturated carbocycles. The summed E-state index contributed by atoms with van der Waals surface area (Å²) in [6.07, 6.45) is 5.48. The predicted octanol–water partition coefficient (Wildman–Crippen LogP) is 4.78. The quantitative estimate of drug-likeness (QED) is 0.859. The Morgan fingerprint density at radius 1 is 1.10 bits per heavy atom. The van der Waals surface area contributed by atoms with Crippen LogP contribution in [0.4, 0.5) is 20.2 Å². The number of aromatic nitrogens is 1. The molecule has 0 spiro atoms. The van der Waals surface area contributed by atoms with Crippen molar-refractivity contribution in [2.75, 3.05) is 5.32 Å². The number of nitrogens with one attached hydrogen (secondary N) is 1. The van der Waals surface area contributed by atoms with Crippen molar-refractivity contribution in [1.82, 2.24) is 4.98 Å². The fraction of sp³-hybridized carbons (Fsp3) is 0.353. The van der Waals surface area contributed by atoms with Gasteiger partial charge in [0.2, 0.25) is 0 Å². The van der Waals surface area contributed by atoms with Crippen LogP contribution in [0.15, 0.2) is 24.4 Å². The second kappa shape index (κ2) is 4.52. The van der Waals surface area contributed by atoms with Gasteiger partial charge in [0.1, 0.15) is 0 Å². The summed E-state index contributed by atoms with van der Waals surface area (Å²) in [4.78, 5) is 4.48. The van der Waals surface area contributed by atoms with E-state index in [0.29, 0.717) is 17.5 Å². The third kappa shape index (κ3) is 1.93. The van der Waals surface area contributed by atoms with E-state index in [0.717, 1.165) is 17.4 Å². The first-order valence-electron chi connectivity index (χ1n) is 7.35. The highest BCUT2D eigenvalue weighted by Crippen LogP contribution is 2.56. The Bertz CT molecular complexity index is 727. The Kier molecular flexibility index (Phi) is 2.74. The molecule has 1 fully saturated rings. The lowest BCUT2D eigenvalue weighted by molar-refractivity contribution is 0.509. The first-order chi connectivity index (χ1) is 10.1. The van der Waals surface area contributed by atoms with E-state index in [1.807, 2.05) is 6.20 Å². The number of pyridine rings is 1. The summed E-state index contributed by atoms with van der Waals surface area (Å²) in [5.74, 6) is -0.450. The lowest BCUT2D eigenvalue weighted by Crippen LogP contribution is -2.06. The molecule has 108 valence electrons. The van der Waals surface area contributed by atoms with Gasteiger partial charge in [-0.3, -0.25) is 4.98 Å². The lowest BCUT2D eigenvalue weighted by Gasteiger charge is -2.21. The Morgan fingerprint density at radius 2 is 1.86 bits per heavy atom. The van der Waals surface area contributed by atoms with Gasteiger partial charge in [-0.1, -0.05) is 0 Å². The van der Waals surface area contributed by atoms with Crippen molar-refractivity contribution in [3.8, 4) is 0 Å². The van der Waals surface area contributed by atoms with Crippen LogP contribution in [-0.4, -0.2) is 4.98 Å². The van der Waals surface area contributed by atoms with Gasteiger partial charge in [0, 0.05) is 17.4 Å². The number of fused-ring (bicyclic) bond motifs is 5. The zero-order valence-corrected chi connectivity index (χ0v) is 11.8. The van der Waals surface area contributed by atoms with Crippen LogP contribution in [0.1, 0.15) is 47.9 Å². The first-order valence-corrected chi connectivity index (χ1v) is 7.35. The van der Waals surface area contributed by atoms with E-state index < -0.39 is 11.6 Å². The number of anilines is 2. The van der Waals surface area contributed by atoms with Crippen LogP contribution < -0.4 is 5.32 Å². The molecular formula is C17H16F2N2. The number of benzene rings is 1. The average molecular weight is 286 g/mol. The van der Waals surface area contributed by atoms with Gasteiger partial charge in [-0.15, -0.1) is 0 Å². The number of halogens is 2. The van der Waals surface area contributed by atoms with Crippen molar-refractivity contribution in [2.45, 2.75) is 38.0 Å². The number of hydrogen-bond acceptors (Lipinski definition) is 2. The maximum absolute atomic E-state index is 13.3. The van der Waals surface area contributed by atoms with Gasteiger partial charge < -0.3 is 5.32 Å². The largest absolute Gasteiger partial charge is 0.354 e. The third-order valence-electron chi connectivity index (χ3n) is 4.81. The Hall–Kier alpha value is -1.97. The van der Waals surface area contributed by atoms with Crippen LogP contribution in [0, 0.1) is 18.6 Å². The lowest BCUT2D eigenvalue weighted by atomic mass is 9.90. The maximum Gasteiger partial charge on any atom is 0.160 e. The SMILES string of the molecule is Cc1ncc(Nc2ccc(F)c(F)c2)c2c1C1CCC2C1. The normalized spacial score (nSPS) is 22.4. The molecule has 2 nitrogen and oxygen atoms in total. The summed E-state index contributed by atoms with van der Waals surface area (Å²) in [5.41, 5.74) is 5.31. The van der Waals surface area contributed by atoms with Crippen LogP contribution in [0.3, 0.4) is 0 Å². The monoisotopic (exact) mass is 286 g/mol. The molecule has 0 amide bonds. The molecule has 2 bridgehead atoms. The maximum atomic E-state index is 13.3. The van der Waals surface area contributed by atoms with E-state index in [2.05, 4.69) is 17.2 Å². The van der Waals surface area contributed by atoms with Gasteiger partial charge in [-0.05, 0) is 61.3 Å². The standard InChI is InChI=1S/C17H16F2N2/c1-9-16-10-2-3-11(6-10)17(16)15(8-20-9)21-12-4-5-13(18)14(19)7-12/h4-5,7-8,10-11,21H,2-3,6H2,1H3. The molecule has 2 aliphatic rings. The van der Waals surface area contributed by atoms with Crippen molar-refractivity contribution in [3.63, 3.8) is 0 Å². The molecule has 2 unspecified atom stereocenters. The van der Waals surface area contributed by atoms with E-state index in [1.54, 1.807) is 6.07 Å². The van der Waals surface area contributed by atoms with Crippen molar-refractivity contribution in [3.05, 3.63) is 52.9 Å². The molecule has 1 aromatic carbocycles. The topological polar surface area (TPSA) is 24.9 Å². The summed E-state index contributed by atoms with van der Waals surface area (Å²) in [7, 11) is 0. The summed E-state index contributed by atoms with van der Waals surface area (Å²) in [5, 5.41) is 3.22. The van der Waals surface area contributed by atoms with Gasteiger partial charge in [0.05, 0.1) is 11.9 Å². The molecule has 0 aliphatic heterocycles. The highest BCUT2D eigenvalue weighted by molar-refractivity contribution is 5.67. The fourth-order valence-corrected chi connectivity index (χ4v) is 3.93. The van der Waals surface area contributed by atoms with Crippen molar-refractivity contribution < 1.29 is 8.78 Å². The summed E-state index contributed by atoms with van der Waals surface area (Å²) < 4.78 is 26.4. The predicted molar refractivity (Wildman–Crippen MR) is 77.9 cm³/mol. The first kappa shape index (κ1) is 12.7. The number of aryl methyl sites for hydroxylation is 1. The molecule has 1 aromatic heterocycles. The summed E-state index contributed by atoms with van der Waals surface area (Å²) in [6.45, 7) is 2.06. The van der Waals surface area contributed by atoms with E-state index in [-0.39, 0.29) is 0 Å². The molecule has 1 N–H and O–H groups in total. The highest BCUT2D eigenvalue weighted by Gasteiger charge is 2.39. The average Bonchev–Trinajstić information content (AvgIpc) is 3.07. The van der Waals surface area contributed by atoms with Crippen LogP contribution >= 0.6 is 0 Å². The Labute approximate surface area is 122 Å².